The second-order valence-corrected chi connectivity index (χ2v) is 4.05. The van der Waals surface area contributed by atoms with Crippen LogP contribution in [0.15, 0.2) is 30.5 Å². The van der Waals surface area contributed by atoms with Crippen molar-refractivity contribution in [1.29, 1.82) is 0 Å². The first kappa shape index (κ1) is 10.2. The monoisotopic (exact) mass is 202 g/mol. The fourth-order valence-electron chi connectivity index (χ4n) is 1.73. The summed E-state index contributed by atoms with van der Waals surface area (Å²) in [6.45, 7) is 5.37. The summed E-state index contributed by atoms with van der Waals surface area (Å²) in [4.78, 5) is 3.23. The van der Waals surface area contributed by atoms with Crippen LogP contribution >= 0.6 is 0 Å². The van der Waals surface area contributed by atoms with Crippen molar-refractivity contribution in [3.05, 3.63) is 36.0 Å². The number of rotatable bonds is 4. The number of benzene rings is 1. The first-order valence-corrected chi connectivity index (χ1v) is 5.59. The van der Waals surface area contributed by atoms with Crippen LogP contribution in [0.25, 0.3) is 10.9 Å². The highest BCUT2D eigenvalue weighted by molar-refractivity contribution is 5.82. The van der Waals surface area contributed by atoms with E-state index in [0.717, 1.165) is 6.54 Å². The Hall–Kier alpha value is -1.28. The van der Waals surface area contributed by atoms with Crippen molar-refractivity contribution >= 4 is 10.9 Å². The molecule has 0 spiro atoms. The third-order valence-corrected chi connectivity index (χ3v) is 2.94. The molecule has 0 aliphatic rings. The highest BCUT2D eigenvalue weighted by Gasteiger charge is 2.02. The lowest BCUT2D eigenvalue weighted by atomic mass is 10.1. The quantitative estimate of drug-likeness (QED) is 0.783. The summed E-state index contributed by atoms with van der Waals surface area (Å²) in [5, 5.41) is 4.84. The number of H-pyrrole nitrogens is 1. The molecule has 1 heterocycles. The maximum Gasteiger partial charge on any atom is 0.0457 e. The Morgan fingerprint density at radius 2 is 2.20 bits per heavy atom. The average molecular weight is 202 g/mol. The molecule has 1 aromatic carbocycles. The van der Waals surface area contributed by atoms with E-state index in [2.05, 4.69) is 48.4 Å². The maximum atomic E-state index is 3.52. The molecule has 0 amide bonds. The molecule has 1 unspecified atom stereocenters. The van der Waals surface area contributed by atoms with Crippen LogP contribution in [0.3, 0.4) is 0 Å². The third-order valence-electron chi connectivity index (χ3n) is 2.94. The van der Waals surface area contributed by atoms with Gasteiger partial charge in [-0.05, 0) is 31.0 Å². The summed E-state index contributed by atoms with van der Waals surface area (Å²) in [6.07, 6.45) is 3.17. The van der Waals surface area contributed by atoms with E-state index in [1.165, 1.54) is 22.9 Å². The minimum absolute atomic E-state index is 0.583. The van der Waals surface area contributed by atoms with Gasteiger partial charge in [-0.1, -0.05) is 19.1 Å². The first-order chi connectivity index (χ1) is 7.31. The number of nitrogens with one attached hydrogen (secondary N) is 2. The molecule has 2 nitrogen and oxygen atoms in total. The number of hydrogen-bond acceptors (Lipinski definition) is 1. The van der Waals surface area contributed by atoms with Gasteiger partial charge >= 0.3 is 0 Å². The standard InChI is InChI=1S/C13H18N2/c1-3-10(2)15-9-11-5-4-6-13-12(11)7-8-14-13/h4-8,10,14-15H,3,9H2,1-2H3. The van der Waals surface area contributed by atoms with Gasteiger partial charge in [-0.15, -0.1) is 0 Å². The SMILES string of the molecule is CCC(C)NCc1cccc2[nH]ccc12. The second kappa shape index (κ2) is 4.49. The summed E-state index contributed by atoms with van der Waals surface area (Å²) in [5.74, 6) is 0. The first-order valence-electron chi connectivity index (χ1n) is 5.59. The van der Waals surface area contributed by atoms with E-state index in [4.69, 9.17) is 0 Å². The van der Waals surface area contributed by atoms with Crippen LogP contribution < -0.4 is 5.32 Å². The van der Waals surface area contributed by atoms with Crippen molar-refractivity contribution in [2.24, 2.45) is 0 Å². The van der Waals surface area contributed by atoms with E-state index in [1.54, 1.807) is 0 Å². The Kier molecular flexibility index (Phi) is 3.07. The summed E-state index contributed by atoms with van der Waals surface area (Å²) in [5.41, 5.74) is 2.59. The van der Waals surface area contributed by atoms with E-state index in [-0.39, 0.29) is 0 Å². The van der Waals surface area contributed by atoms with E-state index in [1.807, 2.05) is 6.20 Å². The van der Waals surface area contributed by atoms with Crippen molar-refractivity contribution in [1.82, 2.24) is 10.3 Å². The van der Waals surface area contributed by atoms with Gasteiger partial charge in [-0.25, -0.2) is 0 Å². The second-order valence-electron chi connectivity index (χ2n) is 4.05. The molecule has 0 aliphatic carbocycles. The fourth-order valence-corrected chi connectivity index (χ4v) is 1.73. The molecular formula is C13H18N2. The van der Waals surface area contributed by atoms with Crippen LogP contribution in [0.5, 0.6) is 0 Å². The summed E-state index contributed by atoms with van der Waals surface area (Å²) in [6, 6.07) is 9.13. The molecule has 0 aliphatic heterocycles. The Morgan fingerprint density at radius 3 is 3.00 bits per heavy atom. The highest BCUT2D eigenvalue weighted by Crippen LogP contribution is 2.17. The molecule has 1 atom stereocenters. The lowest BCUT2D eigenvalue weighted by Gasteiger charge is -2.11. The summed E-state index contributed by atoms with van der Waals surface area (Å²) >= 11 is 0. The van der Waals surface area contributed by atoms with E-state index < -0.39 is 0 Å². The molecule has 2 rings (SSSR count). The van der Waals surface area contributed by atoms with Crippen molar-refractivity contribution in [2.45, 2.75) is 32.9 Å². The van der Waals surface area contributed by atoms with Crippen LogP contribution in [0.4, 0.5) is 0 Å². The van der Waals surface area contributed by atoms with Gasteiger partial charge in [0.15, 0.2) is 0 Å². The molecule has 2 heteroatoms. The van der Waals surface area contributed by atoms with Crippen LogP contribution in [-0.4, -0.2) is 11.0 Å². The van der Waals surface area contributed by atoms with E-state index in [0.29, 0.717) is 6.04 Å². The van der Waals surface area contributed by atoms with Gasteiger partial charge in [0.2, 0.25) is 0 Å². The summed E-state index contributed by atoms with van der Waals surface area (Å²) < 4.78 is 0. The zero-order chi connectivity index (χ0) is 10.7. The molecule has 2 N–H and O–H groups in total. The predicted octanol–water partition coefficient (Wildman–Crippen LogP) is 3.06. The minimum atomic E-state index is 0.583. The molecular weight excluding hydrogens is 184 g/mol. The molecule has 2 aromatic rings. The zero-order valence-corrected chi connectivity index (χ0v) is 9.38. The lowest BCUT2D eigenvalue weighted by Crippen LogP contribution is -2.24. The summed E-state index contributed by atoms with van der Waals surface area (Å²) in [7, 11) is 0. The molecule has 1 aromatic heterocycles. The maximum absolute atomic E-state index is 3.52. The minimum Gasteiger partial charge on any atom is -0.361 e. The number of fused-ring (bicyclic) bond motifs is 1. The average Bonchev–Trinajstić information content (AvgIpc) is 2.74. The number of aromatic nitrogens is 1. The molecule has 0 saturated carbocycles. The smallest absolute Gasteiger partial charge is 0.0457 e. The van der Waals surface area contributed by atoms with Gasteiger partial charge in [0.05, 0.1) is 0 Å². The van der Waals surface area contributed by atoms with Gasteiger partial charge in [0.25, 0.3) is 0 Å². The van der Waals surface area contributed by atoms with Gasteiger partial charge in [0.1, 0.15) is 0 Å². The number of hydrogen-bond donors (Lipinski definition) is 2. The van der Waals surface area contributed by atoms with Crippen molar-refractivity contribution < 1.29 is 0 Å². The van der Waals surface area contributed by atoms with Gasteiger partial charge in [-0.2, -0.15) is 0 Å². The van der Waals surface area contributed by atoms with E-state index >= 15 is 0 Å². The highest BCUT2D eigenvalue weighted by atomic mass is 14.9. The zero-order valence-electron chi connectivity index (χ0n) is 9.38. The largest absolute Gasteiger partial charge is 0.361 e. The van der Waals surface area contributed by atoms with E-state index in [9.17, 15) is 0 Å². The molecule has 0 fully saturated rings. The van der Waals surface area contributed by atoms with Crippen LogP contribution in [0.2, 0.25) is 0 Å². The van der Waals surface area contributed by atoms with Crippen LogP contribution in [0.1, 0.15) is 25.8 Å². The van der Waals surface area contributed by atoms with Crippen molar-refractivity contribution in [2.75, 3.05) is 0 Å². The molecule has 0 radical (unpaired) electrons. The fraction of sp³-hybridized carbons (Fsp3) is 0.385. The number of aromatic amines is 1. The molecule has 15 heavy (non-hydrogen) atoms. The van der Waals surface area contributed by atoms with Crippen molar-refractivity contribution in [3.8, 4) is 0 Å². The third kappa shape index (κ3) is 2.21. The van der Waals surface area contributed by atoms with Gasteiger partial charge < -0.3 is 10.3 Å². The van der Waals surface area contributed by atoms with Crippen LogP contribution in [0, 0.1) is 0 Å². The van der Waals surface area contributed by atoms with Crippen molar-refractivity contribution in [3.63, 3.8) is 0 Å². The Labute approximate surface area is 90.7 Å². The molecule has 0 saturated heterocycles. The molecule has 0 bridgehead atoms. The Balaban J connectivity index is 2.17. The lowest BCUT2D eigenvalue weighted by molar-refractivity contribution is 0.535. The Morgan fingerprint density at radius 1 is 1.33 bits per heavy atom. The van der Waals surface area contributed by atoms with Gasteiger partial charge in [0, 0.05) is 29.7 Å². The Bertz CT molecular complexity index is 431. The normalized spacial score (nSPS) is 13.2. The van der Waals surface area contributed by atoms with Crippen LogP contribution in [-0.2, 0) is 6.54 Å². The van der Waals surface area contributed by atoms with Gasteiger partial charge in [-0.3, -0.25) is 0 Å². The molecule has 80 valence electrons. The predicted molar refractivity (Wildman–Crippen MR) is 64.9 cm³/mol. The topological polar surface area (TPSA) is 27.8 Å².